The number of benzene rings is 2. The Hall–Kier alpha value is -3.37. The van der Waals surface area contributed by atoms with Gasteiger partial charge in [0.1, 0.15) is 5.75 Å². The van der Waals surface area contributed by atoms with Gasteiger partial charge in [-0.3, -0.25) is 9.59 Å². The lowest BCUT2D eigenvalue weighted by molar-refractivity contribution is -0.150. The Balaban J connectivity index is 1.72. The van der Waals surface area contributed by atoms with Crippen molar-refractivity contribution in [2.75, 3.05) is 11.9 Å². The number of esters is 1. The first-order valence-electron chi connectivity index (χ1n) is 9.33. The number of nitrogens with one attached hydrogen (secondary N) is 1. The standard InChI is InChI=1S/C22H22N2O5/c1-13(2)29-20(25)9-16-12-28-19-8-7-17(10-18(19)21(16)26)24-22(27)15-5-3-14(11-23)4-6-15/h3-8,10,13,16,21,26H,9,12H2,1-2H3,(H,24,27). The van der Waals surface area contributed by atoms with Crippen LogP contribution in [0.5, 0.6) is 5.75 Å². The predicted octanol–water partition coefficient (Wildman–Crippen LogP) is 3.19. The SMILES string of the molecule is CC(C)OC(=O)CC1COc2ccc(NC(=O)c3ccc(C#N)cc3)cc2C1O. The Morgan fingerprint density at radius 2 is 2.00 bits per heavy atom. The lowest BCUT2D eigenvalue weighted by atomic mass is 9.90. The van der Waals surface area contributed by atoms with Gasteiger partial charge in [0.25, 0.3) is 5.91 Å². The maximum absolute atomic E-state index is 12.4. The first kappa shape index (κ1) is 20.4. The highest BCUT2D eigenvalue weighted by molar-refractivity contribution is 6.04. The molecule has 2 aromatic carbocycles. The number of carbonyl (C=O) groups excluding carboxylic acids is 2. The van der Waals surface area contributed by atoms with Crippen molar-refractivity contribution in [1.29, 1.82) is 5.26 Å². The zero-order chi connectivity index (χ0) is 21.0. The molecule has 1 amide bonds. The van der Waals surface area contributed by atoms with Gasteiger partial charge >= 0.3 is 5.97 Å². The maximum Gasteiger partial charge on any atom is 0.306 e. The van der Waals surface area contributed by atoms with E-state index in [1.165, 1.54) is 0 Å². The van der Waals surface area contributed by atoms with Crippen molar-refractivity contribution in [2.24, 2.45) is 5.92 Å². The smallest absolute Gasteiger partial charge is 0.306 e. The van der Waals surface area contributed by atoms with Crippen molar-refractivity contribution in [2.45, 2.75) is 32.5 Å². The van der Waals surface area contributed by atoms with Gasteiger partial charge in [0.2, 0.25) is 0 Å². The molecule has 1 aliphatic heterocycles. The lowest BCUT2D eigenvalue weighted by Gasteiger charge is -2.30. The summed E-state index contributed by atoms with van der Waals surface area (Å²) in [4.78, 5) is 24.4. The molecule has 0 spiro atoms. The summed E-state index contributed by atoms with van der Waals surface area (Å²) in [5.74, 6) is -0.639. The van der Waals surface area contributed by atoms with Crippen molar-refractivity contribution >= 4 is 17.6 Å². The molecule has 29 heavy (non-hydrogen) atoms. The fraction of sp³-hybridized carbons (Fsp3) is 0.318. The van der Waals surface area contributed by atoms with E-state index in [-0.39, 0.29) is 31.0 Å². The summed E-state index contributed by atoms with van der Waals surface area (Å²) < 4.78 is 10.8. The zero-order valence-corrected chi connectivity index (χ0v) is 16.2. The number of hydrogen-bond acceptors (Lipinski definition) is 6. The van der Waals surface area contributed by atoms with Gasteiger partial charge in [-0.25, -0.2) is 0 Å². The second-order valence-electron chi connectivity index (χ2n) is 7.15. The average Bonchev–Trinajstić information content (AvgIpc) is 2.70. The van der Waals surface area contributed by atoms with Gasteiger partial charge in [-0.05, 0) is 56.3 Å². The third-order valence-corrected chi connectivity index (χ3v) is 4.56. The van der Waals surface area contributed by atoms with E-state index in [0.717, 1.165) is 0 Å². The number of aliphatic hydroxyl groups is 1. The molecule has 0 fully saturated rings. The molecule has 1 heterocycles. The molecule has 0 aliphatic carbocycles. The van der Waals surface area contributed by atoms with E-state index in [0.29, 0.717) is 28.1 Å². The van der Waals surface area contributed by atoms with Crippen LogP contribution in [0.3, 0.4) is 0 Å². The molecule has 0 saturated heterocycles. The molecule has 0 radical (unpaired) electrons. The highest BCUT2D eigenvalue weighted by Gasteiger charge is 2.32. The Morgan fingerprint density at radius 1 is 1.28 bits per heavy atom. The van der Waals surface area contributed by atoms with E-state index in [1.807, 2.05) is 6.07 Å². The fourth-order valence-corrected chi connectivity index (χ4v) is 3.13. The number of ether oxygens (including phenoxy) is 2. The number of fused-ring (bicyclic) bond motifs is 1. The summed E-state index contributed by atoms with van der Waals surface area (Å²) in [6.45, 7) is 3.74. The van der Waals surface area contributed by atoms with Crippen LogP contribution in [0.2, 0.25) is 0 Å². The largest absolute Gasteiger partial charge is 0.493 e. The monoisotopic (exact) mass is 394 g/mol. The van der Waals surface area contributed by atoms with Crippen molar-refractivity contribution in [3.8, 4) is 11.8 Å². The molecule has 1 aliphatic rings. The molecule has 2 atom stereocenters. The van der Waals surface area contributed by atoms with E-state index < -0.39 is 12.0 Å². The Bertz CT molecular complexity index is 947. The highest BCUT2D eigenvalue weighted by atomic mass is 16.5. The number of hydrogen-bond donors (Lipinski definition) is 2. The summed E-state index contributed by atoms with van der Waals surface area (Å²) in [6.07, 6.45) is -1.09. The van der Waals surface area contributed by atoms with Crippen LogP contribution in [0.4, 0.5) is 5.69 Å². The topological polar surface area (TPSA) is 109 Å². The third-order valence-electron chi connectivity index (χ3n) is 4.56. The number of amides is 1. The number of nitriles is 1. The van der Waals surface area contributed by atoms with E-state index in [9.17, 15) is 14.7 Å². The predicted molar refractivity (Wildman–Crippen MR) is 105 cm³/mol. The molecule has 0 aromatic heterocycles. The quantitative estimate of drug-likeness (QED) is 0.754. The molecule has 0 bridgehead atoms. The first-order chi connectivity index (χ1) is 13.9. The molecule has 2 unspecified atom stereocenters. The lowest BCUT2D eigenvalue weighted by Crippen LogP contribution is -2.29. The van der Waals surface area contributed by atoms with Gasteiger partial charge in [-0.2, -0.15) is 5.26 Å². The summed E-state index contributed by atoms with van der Waals surface area (Å²) in [7, 11) is 0. The molecule has 7 nitrogen and oxygen atoms in total. The second kappa shape index (κ2) is 8.76. The van der Waals surface area contributed by atoms with Crippen LogP contribution in [0.25, 0.3) is 0 Å². The van der Waals surface area contributed by atoms with E-state index in [1.54, 1.807) is 56.3 Å². The van der Waals surface area contributed by atoms with Crippen LogP contribution in [-0.4, -0.2) is 29.7 Å². The summed E-state index contributed by atoms with van der Waals surface area (Å²) in [5, 5.41) is 22.3. The normalized spacial score (nSPS) is 17.6. The number of aliphatic hydroxyl groups excluding tert-OH is 1. The minimum Gasteiger partial charge on any atom is -0.493 e. The van der Waals surface area contributed by atoms with Gasteiger partial charge in [-0.15, -0.1) is 0 Å². The van der Waals surface area contributed by atoms with E-state index in [4.69, 9.17) is 14.7 Å². The minimum atomic E-state index is -0.912. The molecule has 0 saturated carbocycles. The number of rotatable bonds is 5. The van der Waals surface area contributed by atoms with E-state index >= 15 is 0 Å². The van der Waals surface area contributed by atoms with Crippen molar-refractivity contribution in [1.82, 2.24) is 0 Å². The second-order valence-corrected chi connectivity index (χ2v) is 7.15. The Labute approximate surface area is 168 Å². The highest BCUT2D eigenvalue weighted by Crippen LogP contribution is 2.38. The van der Waals surface area contributed by atoms with Crippen molar-refractivity contribution in [3.63, 3.8) is 0 Å². The van der Waals surface area contributed by atoms with Crippen molar-refractivity contribution < 1.29 is 24.2 Å². The molecule has 2 aromatic rings. The molecule has 7 heteroatoms. The van der Waals surface area contributed by atoms with Gasteiger partial charge in [0.15, 0.2) is 0 Å². The summed E-state index contributed by atoms with van der Waals surface area (Å²) in [6, 6.07) is 13.3. The fourth-order valence-electron chi connectivity index (χ4n) is 3.13. The van der Waals surface area contributed by atoms with Crippen LogP contribution in [-0.2, 0) is 9.53 Å². The number of carbonyl (C=O) groups is 2. The molecular weight excluding hydrogens is 372 g/mol. The van der Waals surface area contributed by atoms with Gasteiger partial charge in [0, 0.05) is 22.7 Å². The molecule has 2 N–H and O–H groups in total. The number of nitrogens with zero attached hydrogens (tertiary/aromatic N) is 1. The van der Waals surface area contributed by atoms with Crippen LogP contribution in [0.15, 0.2) is 42.5 Å². The summed E-state index contributed by atoms with van der Waals surface area (Å²) >= 11 is 0. The van der Waals surface area contributed by atoms with Crippen LogP contribution in [0, 0.1) is 17.2 Å². The third kappa shape index (κ3) is 4.92. The van der Waals surface area contributed by atoms with Crippen molar-refractivity contribution in [3.05, 3.63) is 59.2 Å². The van der Waals surface area contributed by atoms with Crippen LogP contribution < -0.4 is 10.1 Å². The van der Waals surface area contributed by atoms with E-state index in [2.05, 4.69) is 5.32 Å². The maximum atomic E-state index is 12.4. The van der Waals surface area contributed by atoms with Gasteiger partial charge in [0.05, 0.1) is 36.9 Å². The zero-order valence-electron chi connectivity index (χ0n) is 16.2. The number of anilines is 1. The molecular formula is C22H22N2O5. The van der Waals surface area contributed by atoms with Crippen LogP contribution in [0.1, 0.15) is 47.9 Å². The Kier molecular flexibility index (Phi) is 6.15. The molecule has 3 rings (SSSR count). The van der Waals surface area contributed by atoms with Gasteiger partial charge in [-0.1, -0.05) is 0 Å². The average molecular weight is 394 g/mol. The van der Waals surface area contributed by atoms with Gasteiger partial charge < -0.3 is 19.9 Å². The minimum absolute atomic E-state index is 0.0423. The molecule has 150 valence electrons. The summed E-state index contributed by atoms with van der Waals surface area (Å²) in [5.41, 5.74) is 1.88. The van der Waals surface area contributed by atoms with Crippen LogP contribution >= 0.6 is 0 Å². The first-order valence-corrected chi connectivity index (χ1v) is 9.33. The Morgan fingerprint density at radius 3 is 2.66 bits per heavy atom.